The second kappa shape index (κ2) is 6.91. The van der Waals surface area contributed by atoms with Crippen LogP contribution in [0.2, 0.25) is 0 Å². The fourth-order valence-electron chi connectivity index (χ4n) is 1.96. The molecule has 0 aromatic heterocycles. The average molecular weight is 355 g/mol. The van der Waals surface area contributed by atoms with Gasteiger partial charge in [-0.3, -0.25) is 0 Å². The van der Waals surface area contributed by atoms with E-state index in [1.165, 1.54) is 7.11 Å². The summed E-state index contributed by atoms with van der Waals surface area (Å²) in [7, 11) is 1.42. The van der Waals surface area contributed by atoms with Crippen LogP contribution >= 0.6 is 15.9 Å². The minimum atomic E-state index is -0.664. The van der Waals surface area contributed by atoms with E-state index in [0.29, 0.717) is 16.9 Å². The molecule has 0 aliphatic heterocycles. The summed E-state index contributed by atoms with van der Waals surface area (Å²) in [5, 5.41) is 9.74. The van der Waals surface area contributed by atoms with E-state index < -0.39 is 11.9 Å². The molecule has 1 atom stereocenters. The van der Waals surface area contributed by atoms with Crippen LogP contribution < -0.4 is 9.47 Å². The van der Waals surface area contributed by atoms with Gasteiger partial charge < -0.3 is 14.6 Å². The molecule has 0 fully saturated rings. The van der Waals surface area contributed by atoms with Gasteiger partial charge in [0.15, 0.2) is 11.6 Å². The second-order valence-corrected chi connectivity index (χ2v) is 5.50. The zero-order valence-corrected chi connectivity index (χ0v) is 13.4. The summed E-state index contributed by atoms with van der Waals surface area (Å²) in [6, 6.07) is 10.2. The monoisotopic (exact) mass is 354 g/mol. The molecule has 0 bridgehead atoms. The first-order valence-corrected chi connectivity index (χ1v) is 7.24. The average Bonchev–Trinajstić information content (AvgIpc) is 2.46. The van der Waals surface area contributed by atoms with Crippen LogP contribution in [0.5, 0.6) is 11.5 Å². The Kier molecular flexibility index (Phi) is 5.20. The maximum absolute atomic E-state index is 14.1. The van der Waals surface area contributed by atoms with Gasteiger partial charge in [0.2, 0.25) is 0 Å². The summed E-state index contributed by atoms with van der Waals surface area (Å²) in [6.45, 7) is 1.71. The lowest BCUT2D eigenvalue weighted by atomic mass is 10.1. The maximum Gasteiger partial charge on any atom is 0.171 e. The van der Waals surface area contributed by atoms with Crippen molar-refractivity contribution in [3.8, 4) is 11.5 Å². The predicted octanol–water partition coefficient (Wildman–Crippen LogP) is 4.23. The smallest absolute Gasteiger partial charge is 0.171 e. The number of methoxy groups -OCH3 is 1. The third-order valence-electron chi connectivity index (χ3n) is 3.07. The number of aliphatic hydroxyl groups excluding tert-OH is 1. The summed E-state index contributed by atoms with van der Waals surface area (Å²) >= 11 is 3.35. The lowest BCUT2D eigenvalue weighted by Gasteiger charge is -2.14. The van der Waals surface area contributed by atoms with Crippen molar-refractivity contribution >= 4 is 15.9 Å². The van der Waals surface area contributed by atoms with E-state index in [4.69, 9.17) is 9.47 Å². The van der Waals surface area contributed by atoms with Crippen molar-refractivity contribution in [1.82, 2.24) is 0 Å². The molecule has 2 rings (SSSR count). The van der Waals surface area contributed by atoms with E-state index in [-0.39, 0.29) is 12.4 Å². The summed E-state index contributed by atoms with van der Waals surface area (Å²) in [5.41, 5.74) is 1.05. The van der Waals surface area contributed by atoms with Crippen LogP contribution in [-0.2, 0) is 6.61 Å². The van der Waals surface area contributed by atoms with Gasteiger partial charge >= 0.3 is 0 Å². The quantitative estimate of drug-likeness (QED) is 0.873. The summed E-state index contributed by atoms with van der Waals surface area (Å²) in [5.74, 6) is 0.260. The van der Waals surface area contributed by atoms with Crippen LogP contribution in [0.1, 0.15) is 24.2 Å². The van der Waals surface area contributed by atoms with Crippen LogP contribution in [0.25, 0.3) is 0 Å². The molecular weight excluding hydrogens is 339 g/mol. The number of hydrogen-bond acceptors (Lipinski definition) is 3. The number of ether oxygens (including phenoxy) is 2. The molecule has 112 valence electrons. The summed E-state index contributed by atoms with van der Waals surface area (Å²) in [6.07, 6.45) is -0.664. The van der Waals surface area contributed by atoms with Gasteiger partial charge in [-0.25, -0.2) is 4.39 Å². The lowest BCUT2D eigenvalue weighted by molar-refractivity contribution is 0.189. The molecule has 0 aliphatic rings. The molecule has 1 N–H and O–H groups in total. The molecule has 0 unspecified atom stereocenters. The van der Waals surface area contributed by atoms with E-state index in [9.17, 15) is 9.50 Å². The van der Waals surface area contributed by atoms with Gasteiger partial charge in [-0.2, -0.15) is 0 Å². The molecule has 0 heterocycles. The lowest BCUT2D eigenvalue weighted by Crippen LogP contribution is -2.03. The first kappa shape index (κ1) is 15.8. The van der Waals surface area contributed by atoms with Crippen LogP contribution in [-0.4, -0.2) is 12.2 Å². The SMILES string of the molecule is COc1cccc(COc2cc(Br)ccc2[C@H](C)O)c1F. The molecule has 0 amide bonds. The topological polar surface area (TPSA) is 38.7 Å². The highest BCUT2D eigenvalue weighted by Gasteiger charge is 2.12. The Labute approximate surface area is 131 Å². The first-order valence-electron chi connectivity index (χ1n) is 6.44. The van der Waals surface area contributed by atoms with Crippen molar-refractivity contribution in [3.05, 3.63) is 57.8 Å². The van der Waals surface area contributed by atoms with Crippen molar-refractivity contribution in [1.29, 1.82) is 0 Å². The molecule has 0 saturated carbocycles. The number of rotatable bonds is 5. The van der Waals surface area contributed by atoms with Gasteiger partial charge in [-0.1, -0.05) is 34.1 Å². The highest BCUT2D eigenvalue weighted by atomic mass is 79.9. The van der Waals surface area contributed by atoms with Crippen molar-refractivity contribution < 1.29 is 19.0 Å². The van der Waals surface area contributed by atoms with Gasteiger partial charge in [-0.15, -0.1) is 0 Å². The minimum absolute atomic E-state index is 0.0548. The highest BCUT2D eigenvalue weighted by Crippen LogP contribution is 2.30. The van der Waals surface area contributed by atoms with Crippen molar-refractivity contribution in [2.45, 2.75) is 19.6 Å². The highest BCUT2D eigenvalue weighted by molar-refractivity contribution is 9.10. The standard InChI is InChI=1S/C16H16BrFO3/c1-10(19)13-7-6-12(17)8-15(13)21-9-11-4-3-5-14(20-2)16(11)18/h3-8,10,19H,9H2,1-2H3/t10-/m0/s1. The van der Waals surface area contributed by atoms with Crippen LogP contribution in [0.15, 0.2) is 40.9 Å². The van der Waals surface area contributed by atoms with Gasteiger partial charge in [0.05, 0.1) is 13.2 Å². The van der Waals surface area contributed by atoms with Crippen LogP contribution in [0.3, 0.4) is 0 Å². The van der Waals surface area contributed by atoms with Gasteiger partial charge in [0.25, 0.3) is 0 Å². The van der Waals surface area contributed by atoms with Crippen molar-refractivity contribution in [2.75, 3.05) is 7.11 Å². The number of halogens is 2. The van der Waals surface area contributed by atoms with E-state index in [1.807, 2.05) is 6.07 Å². The fraction of sp³-hybridized carbons (Fsp3) is 0.250. The van der Waals surface area contributed by atoms with E-state index in [2.05, 4.69) is 15.9 Å². The Morgan fingerprint density at radius 1 is 1.24 bits per heavy atom. The summed E-state index contributed by atoms with van der Waals surface area (Å²) in [4.78, 5) is 0. The third-order valence-corrected chi connectivity index (χ3v) is 3.57. The maximum atomic E-state index is 14.1. The summed E-state index contributed by atoms with van der Waals surface area (Å²) < 4.78 is 25.5. The van der Waals surface area contributed by atoms with Gasteiger partial charge in [0.1, 0.15) is 12.4 Å². The molecule has 2 aromatic carbocycles. The Hall–Kier alpha value is -1.59. The first-order chi connectivity index (χ1) is 10.0. The number of benzene rings is 2. The van der Waals surface area contributed by atoms with Crippen LogP contribution in [0.4, 0.5) is 4.39 Å². The Bertz CT molecular complexity index is 629. The molecule has 3 nitrogen and oxygen atoms in total. The van der Waals surface area contributed by atoms with Crippen molar-refractivity contribution in [2.24, 2.45) is 0 Å². The van der Waals surface area contributed by atoms with Crippen molar-refractivity contribution in [3.63, 3.8) is 0 Å². The molecule has 0 aliphatic carbocycles. The molecular formula is C16H16BrFO3. The Balaban J connectivity index is 2.22. The molecule has 0 spiro atoms. The van der Waals surface area contributed by atoms with Gasteiger partial charge in [-0.05, 0) is 25.1 Å². The van der Waals surface area contributed by atoms with E-state index in [1.54, 1.807) is 37.3 Å². The Morgan fingerprint density at radius 3 is 2.67 bits per heavy atom. The molecule has 0 radical (unpaired) electrons. The molecule has 2 aromatic rings. The Morgan fingerprint density at radius 2 is 2.00 bits per heavy atom. The molecule has 5 heteroatoms. The predicted molar refractivity (Wildman–Crippen MR) is 82.1 cm³/mol. The van der Waals surface area contributed by atoms with Crippen LogP contribution in [0, 0.1) is 5.82 Å². The molecule has 0 saturated heterocycles. The van der Waals surface area contributed by atoms with E-state index >= 15 is 0 Å². The number of hydrogen-bond donors (Lipinski definition) is 1. The van der Waals surface area contributed by atoms with Gasteiger partial charge in [0, 0.05) is 15.6 Å². The zero-order chi connectivity index (χ0) is 15.4. The minimum Gasteiger partial charge on any atom is -0.494 e. The molecule has 21 heavy (non-hydrogen) atoms. The normalized spacial score (nSPS) is 12.0. The second-order valence-electron chi connectivity index (χ2n) is 4.58. The zero-order valence-electron chi connectivity index (χ0n) is 11.8. The number of aliphatic hydroxyl groups is 1. The fourth-order valence-corrected chi connectivity index (χ4v) is 2.30. The third kappa shape index (κ3) is 3.74. The van der Waals surface area contributed by atoms with E-state index in [0.717, 1.165) is 4.47 Å². The largest absolute Gasteiger partial charge is 0.494 e.